The Morgan fingerprint density at radius 3 is 2.16 bits per heavy atom. The van der Waals surface area contributed by atoms with Gasteiger partial charge in [-0.05, 0) is 64.4 Å². The van der Waals surface area contributed by atoms with Crippen molar-refractivity contribution in [1.29, 1.82) is 0 Å². The van der Waals surface area contributed by atoms with Gasteiger partial charge in [0.2, 0.25) is 5.91 Å². The lowest BCUT2D eigenvalue weighted by Gasteiger charge is -2.49. The van der Waals surface area contributed by atoms with Crippen molar-refractivity contribution >= 4 is 17.3 Å². The Balaban J connectivity index is 1.44. The highest BCUT2D eigenvalue weighted by Crippen LogP contribution is 2.33. The molecule has 1 amide bonds. The second-order valence-corrected chi connectivity index (χ2v) is 10.0. The first kappa shape index (κ1) is 22.8. The minimum atomic E-state index is -0.0684. The van der Waals surface area contributed by atoms with E-state index in [9.17, 15) is 4.79 Å². The number of hydrogen-bond acceptors (Lipinski definition) is 4. The summed E-state index contributed by atoms with van der Waals surface area (Å²) in [6.45, 7) is 16.6. The standard InChI is InChI=1S/C27H38N4O/c1-21(2)28-15-17-30(26(32)20-28)25-13-11-23(12-14-25)27(4,5)31-18-16-29(19-22(31)3)24-9-7-6-8-10-24/h6-14,21-22H,15-20H2,1-5H3. The molecule has 0 bridgehead atoms. The van der Waals surface area contributed by atoms with Gasteiger partial charge in [-0.15, -0.1) is 0 Å². The van der Waals surface area contributed by atoms with E-state index >= 15 is 0 Å². The molecule has 172 valence electrons. The minimum Gasteiger partial charge on any atom is -0.369 e. The van der Waals surface area contributed by atoms with Crippen molar-refractivity contribution in [2.24, 2.45) is 0 Å². The number of rotatable bonds is 5. The summed E-state index contributed by atoms with van der Waals surface area (Å²) < 4.78 is 0. The van der Waals surface area contributed by atoms with Crippen LogP contribution < -0.4 is 9.80 Å². The van der Waals surface area contributed by atoms with E-state index in [-0.39, 0.29) is 11.4 Å². The summed E-state index contributed by atoms with van der Waals surface area (Å²) in [5.74, 6) is 0.197. The van der Waals surface area contributed by atoms with Crippen LogP contribution in [0.15, 0.2) is 54.6 Å². The van der Waals surface area contributed by atoms with Crippen LogP contribution in [0.2, 0.25) is 0 Å². The molecule has 0 aliphatic carbocycles. The molecule has 0 N–H and O–H groups in total. The molecule has 2 aromatic rings. The maximum absolute atomic E-state index is 12.7. The van der Waals surface area contributed by atoms with Gasteiger partial charge in [0.05, 0.1) is 6.54 Å². The summed E-state index contributed by atoms with van der Waals surface area (Å²) in [4.78, 5) is 22.0. The van der Waals surface area contributed by atoms with E-state index in [1.807, 2.05) is 4.90 Å². The van der Waals surface area contributed by atoms with Crippen molar-refractivity contribution in [1.82, 2.24) is 9.80 Å². The quantitative estimate of drug-likeness (QED) is 0.706. The van der Waals surface area contributed by atoms with E-state index in [4.69, 9.17) is 0 Å². The van der Waals surface area contributed by atoms with Crippen LogP contribution in [0.3, 0.4) is 0 Å². The van der Waals surface area contributed by atoms with Crippen LogP contribution in [-0.4, -0.2) is 67.1 Å². The van der Waals surface area contributed by atoms with Crippen LogP contribution >= 0.6 is 0 Å². The fourth-order valence-electron chi connectivity index (χ4n) is 5.28. The number of hydrogen-bond donors (Lipinski definition) is 0. The number of nitrogens with zero attached hydrogens (tertiary/aromatic N) is 4. The maximum Gasteiger partial charge on any atom is 0.241 e. The maximum atomic E-state index is 12.7. The minimum absolute atomic E-state index is 0.0684. The van der Waals surface area contributed by atoms with E-state index in [1.165, 1.54) is 11.3 Å². The number of benzene rings is 2. The summed E-state index contributed by atoms with van der Waals surface area (Å²) in [6.07, 6.45) is 0. The van der Waals surface area contributed by atoms with Crippen molar-refractivity contribution in [3.05, 3.63) is 60.2 Å². The molecule has 32 heavy (non-hydrogen) atoms. The Hall–Kier alpha value is -2.37. The zero-order chi connectivity index (χ0) is 22.9. The van der Waals surface area contributed by atoms with Gasteiger partial charge >= 0.3 is 0 Å². The van der Waals surface area contributed by atoms with Crippen molar-refractivity contribution in [3.63, 3.8) is 0 Å². The average molecular weight is 435 g/mol. The lowest BCUT2D eigenvalue weighted by Crippen LogP contribution is -2.58. The van der Waals surface area contributed by atoms with Crippen molar-refractivity contribution in [3.8, 4) is 0 Å². The number of anilines is 2. The van der Waals surface area contributed by atoms with Gasteiger partial charge in [0.15, 0.2) is 0 Å². The molecule has 1 unspecified atom stereocenters. The third kappa shape index (κ3) is 4.55. The molecule has 0 saturated carbocycles. The van der Waals surface area contributed by atoms with E-state index in [2.05, 4.69) is 104 Å². The number of piperazine rings is 2. The lowest BCUT2D eigenvalue weighted by molar-refractivity contribution is -0.121. The van der Waals surface area contributed by atoms with Gasteiger partial charge in [-0.3, -0.25) is 14.6 Å². The monoisotopic (exact) mass is 434 g/mol. The molecule has 2 heterocycles. The molecule has 2 aliphatic heterocycles. The van der Waals surface area contributed by atoms with E-state index < -0.39 is 0 Å². The SMILES string of the molecule is CC(C)N1CCN(c2ccc(C(C)(C)N3CCN(c4ccccc4)CC3C)cc2)C(=O)C1. The molecule has 0 aromatic heterocycles. The highest BCUT2D eigenvalue weighted by atomic mass is 16.2. The zero-order valence-electron chi connectivity index (χ0n) is 20.3. The Morgan fingerprint density at radius 2 is 1.56 bits per heavy atom. The van der Waals surface area contributed by atoms with Crippen LogP contribution in [0, 0.1) is 0 Å². The molecule has 2 aliphatic rings. The summed E-state index contributed by atoms with van der Waals surface area (Å²) in [6, 6.07) is 20.3. The third-order valence-corrected chi connectivity index (χ3v) is 7.33. The molecule has 2 saturated heterocycles. The molecular formula is C27H38N4O. The van der Waals surface area contributed by atoms with Crippen molar-refractivity contribution < 1.29 is 4.79 Å². The summed E-state index contributed by atoms with van der Waals surface area (Å²) in [5, 5.41) is 0. The lowest BCUT2D eigenvalue weighted by atomic mass is 9.89. The van der Waals surface area contributed by atoms with E-state index in [0.717, 1.165) is 38.4 Å². The normalized spacial score (nSPS) is 21.4. The zero-order valence-corrected chi connectivity index (χ0v) is 20.3. The van der Waals surface area contributed by atoms with Crippen LogP contribution in [0.5, 0.6) is 0 Å². The highest BCUT2D eigenvalue weighted by Gasteiger charge is 2.36. The van der Waals surface area contributed by atoms with Crippen LogP contribution in [-0.2, 0) is 10.3 Å². The first-order valence-corrected chi connectivity index (χ1v) is 12.0. The molecule has 1 atom stereocenters. The molecular weight excluding hydrogens is 396 g/mol. The average Bonchev–Trinajstić information content (AvgIpc) is 2.79. The Bertz CT molecular complexity index is 909. The van der Waals surface area contributed by atoms with Gasteiger partial charge in [-0.1, -0.05) is 30.3 Å². The van der Waals surface area contributed by atoms with Gasteiger partial charge in [-0.25, -0.2) is 0 Å². The number of carbonyl (C=O) groups is 1. The van der Waals surface area contributed by atoms with Gasteiger partial charge in [0.1, 0.15) is 0 Å². The largest absolute Gasteiger partial charge is 0.369 e. The molecule has 5 nitrogen and oxygen atoms in total. The van der Waals surface area contributed by atoms with Crippen LogP contribution in [0.4, 0.5) is 11.4 Å². The molecule has 2 fully saturated rings. The topological polar surface area (TPSA) is 30.0 Å². The smallest absolute Gasteiger partial charge is 0.241 e. The predicted molar refractivity (Wildman–Crippen MR) is 133 cm³/mol. The fraction of sp³-hybridized carbons (Fsp3) is 0.519. The highest BCUT2D eigenvalue weighted by molar-refractivity contribution is 5.95. The second-order valence-electron chi connectivity index (χ2n) is 10.0. The van der Waals surface area contributed by atoms with Gasteiger partial charge in [0.25, 0.3) is 0 Å². The third-order valence-electron chi connectivity index (χ3n) is 7.33. The predicted octanol–water partition coefficient (Wildman–Crippen LogP) is 4.19. The van der Waals surface area contributed by atoms with E-state index in [1.54, 1.807) is 0 Å². The number of carbonyl (C=O) groups excluding carboxylic acids is 1. The molecule has 4 rings (SSSR count). The summed E-state index contributed by atoms with van der Waals surface area (Å²) in [7, 11) is 0. The summed E-state index contributed by atoms with van der Waals surface area (Å²) in [5.41, 5.74) is 3.55. The van der Waals surface area contributed by atoms with Crippen molar-refractivity contribution in [2.75, 3.05) is 49.1 Å². The number of amides is 1. The Morgan fingerprint density at radius 1 is 0.875 bits per heavy atom. The van der Waals surface area contributed by atoms with Crippen LogP contribution in [0.25, 0.3) is 0 Å². The first-order valence-electron chi connectivity index (χ1n) is 12.0. The van der Waals surface area contributed by atoms with Gasteiger partial charge in [-0.2, -0.15) is 0 Å². The van der Waals surface area contributed by atoms with Crippen molar-refractivity contribution in [2.45, 2.75) is 52.2 Å². The Kier molecular flexibility index (Phi) is 6.59. The molecule has 5 heteroatoms. The Labute approximate surface area is 193 Å². The van der Waals surface area contributed by atoms with Crippen LogP contribution in [0.1, 0.15) is 40.2 Å². The fourth-order valence-corrected chi connectivity index (χ4v) is 5.28. The van der Waals surface area contributed by atoms with E-state index in [0.29, 0.717) is 18.6 Å². The first-order chi connectivity index (χ1) is 15.3. The van der Waals surface area contributed by atoms with Gasteiger partial charge in [0, 0.05) is 61.7 Å². The molecule has 0 radical (unpaired) electrons. The molecule has 0 spiro atoms. The number of para-hydroxylation sites is 1. The summed E-state index contributed by atoms with van der Waals surface area (Å²) >= 11 is 0. The van der Waals surface area contributed by atoms with Gasteiger partial charge < -0.3 is 9.80 Å². The second kappa shape index (κ2) is 9.24. The molecule has 2 aromatic carbocycles.